The van der Waals surface area contributed by atoms with E-state index in [1.807, 2.05) is 0 Å². The van der Waals surface area contributed by atoms with E-state index in [9.17, 15) is 4.79 Å². The number of hydrogen-bond acceptors (Lipinski definition) is 4. The minimum absolute atomic E-state index is 0.0376. The molecule has 70 valence electrons. The van der Waals surface area contributed by atoms with Gasteiger partial charge in [-0.3, -0.25) is 4.79 Å². The number of carbonyl (C=O) groups is 1. The third kappa shape index (κ3) is 1.02. The van der Waals surface area contributed by atoms with E-state index in [4.69, 9.17) is 0 Å². The fourth-order valence-electron chi connectivity index (χ4n) is 1.78. The van der Waals surface area contributed by atoms with Crippen molar-refractivity contribution >= 4 is 11.6 Å². The first-order chi connectivity index (χ1) is 6.86. The highest BCUT2D eigenvalue weighted by Gasteiger charge is 2.49. The van der Waals surface area contributed by atoms with Crippen LogP contribution in [0.2, 0.25) is 0 Å². The van der Waals surface area contributed by atoms with Crippen molar-refractivity contribution in [3.63, 3.8) is 0 Å². The number of amides is 1. The molecule has 2 aliphatic rings. The summed E-state index contributed by atoms with van der Waals surface area (Å²) in [5, 5.41) is 4.04. The van der Waals surface area contributed by atoms with Gasteiger partial charge in [0, 0.05) is 29.8 Å². The van der Waals surface area contributed by atoms with Crippen LogP contribution in [-0.4, -0.2) is 21.6 Å². The van der Waals surface area contributed by atoms with Crippen LogP contribution in [0.3, 0.4) is 0 Å². The Morgan fingerprint density at radius 3 is 2.86 bits per heavy atom. The number of carbonyl (C=O) groups excluding carboxylic acids is 1. The van der Waals surface area contributed by atoms with Crippen molar-refractivity contribution in [2.24, 2.45) is 16.9 Å². The van der Waals surface area contributed by atoms with Gasteiger partial charge in [-0.15, -0.1) is 0 Å². The van der Waals surface area contributed by atoms with Gasteiger partial charge in [0.05, 0.1) is 5.71 Å². The van der Waals surface area contributed by atoms with Crippen LogP contribution in [0.5, 0.6) is 0 Å². The summed E-state index contributed by atoms with van der Waals surface area (Å²) >= 11 is 0. The first-order valence-electron chi connectivity index (χ1n) is 4.49. The van der Waals surface area contributed by atoms with E-state index in [2.05, 4.69) is 20.5 Å². The van der Waals surface area contributed by atoms with Crippen LogP contribution in [0.15, 0.2) is 23.8 Å². The molecule has 1 aromatic heterocycles. The Labute approximate surface area is 80.3 Å². The fraction of sp³-hybridized carbons (Fsp3) is 0.333. The molecule has 5 nitrogen and oxygen atoms in total. The number of hydrazone groups is 1. The summed E-state index contributed by atoms with van der Waals surface area (Å²) in [6.07, 6.45) is 5.83. The molecule has 0 unspecified atom stereocenters. The van der Waals surface area contributed by atoms with Crippen LogP contribution in [0, 0.1) is 11.8 Å². The van der Waals surface area contributed by atoms with E-state index in [1.54, 1.807) is 12.4 Å². The second-order valence-corrected chi connectivity index (χ2v) is 3.55. The first kappa shape index (κ1) is 7.61. The zero-order valence-electron chi connectivity index (χ0n) is 7.34. The SMILES string of the molecule is O=C1NN=C(c2cncnc2)[C@H]2C[C@@H]12. The van der Waals surface area contributed by atoms with Gasteiger partial charge in [0.25, 0.3) is 0 Å². The van der Waals surface area contributed by atoms with Gasteiger partial charge in [0.1, 0.15) is 6.33 Å². The molecule has 3 rings (SSSR count). The lowest BCUT2D eigenvalue weighted by molar-refractivity contribution is -0.122. The van der Waals surface area contributed by atoms with Crippen molar-refractivity contribution in [3.05, 3.63) is 24.3 Å². The molecule has 1 aromatic rings. The minimum atomic E-state index is 0.0376. The third-order valence-electron chi connectivity index (χ3n) is 2.62. The quantitative estimate of drug-likeness (QED) is 0.671. The predicted molar refractivity (Wildman–Crippen MR) is 48.3 cm³/mol. The Morgan fingerprint density at radius 1 is 1.29 bits per heavy atom. The smallest absolute Gasteiger partial charge is 0.243 e. The molecule has 1 amide bonds. The molecule has 5 heteroatoms. The highest BCUT2D eigenvalue weighted by Crippen LogP contribution is 2.43. The van der Waals surface area contributed by atoms with Gasteiger partial charge in [-0.05, 0) is 6.42 Å². The number of aromatic nitrogens is 2. The third-order valence-corrected chi connectivity index (χ3v) is 2.62. The Balaban J connectivity index is 1.97. The highest BCUT2D eigenvalue weighted by molar-refractivity contribution is 6.09. The Morgan fingerprint density at radius 2 is 2.07 bits per heavy atom. The fourth-order valence-corrected chi connectivity index (χ4v) is 1.78. The molecule has 0 saturated heterocycles. The lowest BCUT2D eigenvalue weighted by atomic mass is 10.1. The van der Waals surface area contributed by atoms with E-state index >= 15 is 0 Å². The average Bonchev–Trinajstić information content (AvgIpc) is 3.00. The maximum absolute atomic E-state index is 11.2. The summed E-state index contributed by atoms with van der Waals surface area (Å²) in [4.78, 5) is 19.0. The second kappa shape index (κ2) is 2.60. The topological polar surface area (TPSA) is 67.2 Å². The summed E-state index contributed by atoms with van der Waals surface area (Å²) in [7, 11) is 0. The van der Waals surface area contributed by atoms with Crippen LogP contribution in [0.25, 0.3) is 0 Å². The highest BCUT2D eigenvalue weighted by atomic mass is 16.2. The van der Waals surface area contributed by atoms with Crippen LogP contribution >= 0.6 is 0 Å². The van der Waals surface area contributed by atoms with Crippen molar-refractivity contribution in [3.8, 4) is 0 Å². The molecule has 2 heterocycles. The predicted octanol–water partition coefficient (Wildman–Crippen LogP) is -0.0534. The summed E-state index contributed by atoms with van der Waals surface area (Å²) in [6.45, 7) is 0. The van der Waals surface area contributed by atoms with Crippen LogP contribution in [0.4, 0.5) is 0 Å². The standard InChI is InChI=1S/C9H8N4O/c14-9-7-1-6(7)8(12-13-9)5-2-10-4-11-3-5/h2-4,6-7H,1H2,(H,13,14)/t6-,7+/m0/s1. The molecule has 1 aliphatic heterocycles. The maximum Gasteiger partial charge on any atom is 0.243 e. The largest absolute Gasteiger partial charge is 0.273 e. The normalized spacial score (nSPS) is 28.9. The van der Waals surface area contributed by atoms with Crippen LogP contribution in [0.1, 0.15) is 12.0 Å². The van der Waals surface area contributed by atoms with Crippen LogP contribution < -0.4 is 5.43 Å². The Kier molecular flexibility index (Phi) is 1.41. The maximum atomic E-state index is 11.2. The lowest BCUT2D eigenvalue weighted by Gasteiger charge is -2.10. The van der Waals surface area contributed by atoms with Crippen molar-refractivity contribution in [1.29, 1.82) is 0 Å². The Hall–Kier alpha value is -1.78. The molecule has 0 bridgehead atoms. The summed E-state index contributed by atoms with van der Waals surface area (Å²) < 4.78 is 0. The molecule has 1 aliphatic carbocycles. The van der Waals surface area contributed by atoms with E-state index in [0.717, 1.165) is 17.7 Å². The van der Waals surface area contributed by atoms with Crippen LogP contribution in [-0.2, 0) is 4.79 Å². The van der Waals surface area contributed by atoms with Gasteiger partial charge < -0.3 is 0 Å². The number of rotatable bonds is 1. The number of fused-ring (bicyclic) bond motifs is 1. The average molecular weight is 188 g/mol. The zero-order chi connectivity index (χ0) is 9.54. The molecule has 14 heavy (non-hydrogen) atoms. The molecule has 1 N–H and O–H groups in total. The number of nitrogens with one attached hydrogen (secondary N) is 1. The molecular formula is C9H8N4O. The van der Waals surface area contributed by atoms with E-state index in [1.165, 1.54) is 6.33 Å². The van der Waals surface area contributed by atoms with E-state index in [0.29, 0.717) is 0 Å². The molecule has 2 atom stereocenters. The van der Waals surface area contributed by atoms with E-state index < -0.39 is 0 Å². The van der Waals surface area contributed by atoms with Gasteiger partial charge in [-0.25, -0.2) is 15.4 Å². The van der Waals surface area contributed by atoms with Crippen molar-refractivity contribution in [2.45, 2.75) is 6.42 Å². The van der Waals surface area contributed by atoms with Crippen molar-refractivity contribution in [2.75, 3.05) is 0 Å². The van der Waals surface area contributed by atoms with Gasteiger partial charge in [0.15, 0.2) is 0 Å². The lowest BCUT2D eigenvalue weighted by Crippen LogP contribution is -2.28. The van der Waals surface area contributed by atoms with E-state index in [-0.39, 0.29) is 17.7 Å². The van der Waals surface area contributed by atoms with Gasteiger partial charge in [0.2, 0.25) is 5.91 Å². The van der Waals surface area contributed by atoms with Crippen molar-refractivity contribution < 1.29 is 4.79 Å². The van der Waals surface area contributed by atoms with Gasteiger partial charge in [-0.2, -0.15) is 5.10 Å². The second-order valence-electron chi connectivity index (χ2n) is 3.55. The monoisotopic (exact) mass is 188 g/mol. The molecule has 1 saturated carbocycles. The zero-order valence-corrected chi connectivity index (χ0v) is 7.34. The number of nitrogens with zero attached hydrogens (tertiary/aromatic N) is 3. The Bertz CT molecular complexity index is 414. The molecule has 0 aromatic carbocycles. The summed E-state index contributed by atoms with van der Waals surface area (Å²) in [5.41, 5.74) is 4.33. The summed E-state index contributed by atoms with van der Waals surface area (Å²) in [6, 6.07) is 0. The number of hydrogen-bond donors (Lipinski definition) is 1. The molecule has 1 fully saturated rings. The minimum Gasteiger partial charge on any atom is -0.273 e. The molecule has 0 spiro atoms. The molecule has 0 radical (unpaired) electrons. The first-order valence-corrected chi connectivity index (χ1v) is 4.49. The van der Waals surface area contributed by atoms with Gasteiger partial charge >= 0.3 is 0 Å². The van der Waals surface area contributed by atoms with Crippen molar-refractivity contribution in [1.82, 2.24) is 15.4 Å². The van der Waals surface area contributed by atoms with Gasteiger partial charge in [-0.1, -0.05) is 0 Å². The molecular weight excluding hydrogens is 180 g/mol. The summed E-state index contributed by atoms with van der Waals surface area (Å²) in [5.74, 6) is 0.452.